The fourth-order valence-corrected chi connectivity index (χ4v) is 4.48. The van der Waals surface area contributed by atoms with Crippen LogP contribution in [0.1, 0.15) is 13.8 Å². The number of nitrogens with zero attached hydrogens (tertiary/aromatic N) is 3. The van der Waals surface area contributed by atoms with Crippen LogP contribution < -0.4 is 15.5 Å². The third kappa shape index (κ3) is 1.99. The Hall–Kier alpha value is -2.34. The second-order valence-corrected chi connectivity index (χ2v) is 6.71. The minimum absolute atomic E-state index is 0.782. The summed E-state index contributed by atoms with van der Waals surface area (Å²) in [4.78, 5) is 4.16. The van der Waals surface area contributed by atoms with Gasteiger partial charge in [-0.15, -0.1) is 0 Å². The Bertz CT molecular complexity index is 930. The third-order valence-electron chi connectivity index (χ3n) is 4.47. The van der Waals surface area contributed by atoms with E-state index in [2.05, 4.69) is 31.0 Å². The minimum atomic E-state index is 0.782. The molecule has 0 saturated carbocycles. The number of nitrogen functional groups attached to an aromatic ring is 1. The number of anilines is 1. The van der Waals surface area contributed by atoms with Gasteiger partial charge in [-0.25, -0.2) is 0 Å². The molecule has 0 atom stereocenters. The third-order valence-corrected chi connectivity index (χ3v) is 5.74. The van der Waals surface area contributed by atoms with Crippen molar-refractivity contribution in [3.63, 3.8) is 0 Å². The molecule has 4 rings (SSSR count). The predicted molar refractivity (Wildman–Crippen MR) is 99.6 cm³/mol. The highest BCUT2D eigenvalue weighted by Gasteiger charge is 2.28. The van der Waals surface area contributed by atoms with Crippen LogP contribution in [0.4, 0.5) is 5.69 Å². The summed E-state index contributed by atoms with van der Waals surface area (Å²) in [5.41, 5.74) is 10.2. The number of fused-ring (bicyclic) bond motifs is 2. The number of benzene rings is 2. The van der Waals surface area contributed by atoms with E-state index >= 15 is 0 Å². The summed E-state index contributed by atoms with van der Waals surface area (Å²) in [7, 11) is 1.70. The Morgan fingerprint density at radius 2 is 1.96 bits per heavy atom. The van der Waals surface area contributed by atoms with E-state index in [1.54, 1.807) is 18.9 Å². The number of aromatic nitrogens is 2. The molecule has 0 bridgehead atoms. The van der Waals surface area contributed by atoms with E-state index in [-0.39, 0.29) is 0 Å². The molecule has 0 amide bonds. The molecule has 0 aliphatic carbocycles. The van der Waals surface area contributed by atoms with Gasteiger partial charge in [-0.1, -0.05) is 23.9 Å². The minimum Gasteiger partial charge on any atom is -0.496 e. The maximum Gasteiger partial charge on any atom is 0.133 e. The van der Waals surface area contributed by atoms with Crippen LogP contribution in [0, 0.1) is 0 Å². The van der Waals surface area contributed by atoms with Gasteiger partial charge in [0.05, 0.1) is 17.5 Å². The molecule has 0 saturated heterocycles. The predicted octanol–water partition coefficient (Wildman–Crippen LogP) is 3.74. The van der Waals surface area contributed by atoms with Crippen molar-refractivity contribution in [3.8, 4) is 17.0 Å². The molecule has 2 aromatic carbocycles. The van der Waals surface area contributed by atoms with Crippen molar-refractivity contribution in [1.82, 2.24) is 9.89 Å². The van der Waals surface area contributed by atoms with Crippen molar-refractivity contribution in [3.05, 3.63) is 30.3 Å². The Morgan fingerprint density at radius 3 is 2.67 bits per heavy atom. The molecule has 0 spiro atoms. The maximum absolute atomic E-state index is 6.29. The van der Waals surface area contributed by atoms with Crippen molar-refractivity contribution < 1.29 is 4.74 Å². The highest BCUT2D eigenvalue weighted by Crippen LogP contribution is 2.52. The molecule has 0 fully saturated rings. The first-order chi connectivity index (χ1) is 11.7. The average Bonchev–Trinajstić information content (AvgIpc) is 2.99. The highest BCUT2D eigenvalue weighted by atomic mass is 32.2. The van der Waals surface area contributed by atoms with E-state index in [1.807, 2.05) is 23.0 Å². The standard InChI is InChI=1S/C18H20N4OS/c1-4-21(5-2)22-13-10-9-12(19)18-15(13)16(20-22)11-7-6-8-14(23-3)17(11)24-18/h6-10H,4-5,19H2,1-3H3. The van der Waals surface area contributed by atoms with Crippen LogP contribution in [-0.4, -0.2) is 30.1 Å². The smallest absolute Gasteiger partial charge is 0.133 e. The fraction of sp³-hybridized carbons (Fsp3) is 0.278. The molecular formula is C18H20N4OS. The number of hydrogen-bond acceptors (Lipinski definition) is 5. The summed E-state index contributed by atoms with van der Waals surface area (Å²) < 4.78 is 5.55. The van der Waals surface area contributed by atoms with Crippen LogP contribution in [0.2, 0.25) is 0 Å². The molecule has 3 aromatic rings. The SMILES string of the molecule is CCN(CC)n1nc2c3c(c(N)ccc31)Sc1c(OC)cccc1-2. The zero-order chi connectivity index (χ0) is 16.8. The van der Waals surface area contributed by atoms with Gasteiger partial charge in [0.25, 0.3) is 0 Å². The van der Waals surface area contributed by atoms with E-state index < -0.39 is 0 Å². The zero-order valence-corrected chi connectivity index (χ0v) is 14.9. The summed E-state index contributed by atoms with van der Waals surface area (Å²) in [6.45, 7) is 6.07. The van der Waals surface area contributed by atoms with Crippen molar-refractivity contribution in [2.24, 2.45) is 0 Å². The second kappa shape index (κ2) is 5.63. The van der Waals surface area contributed by atoms with Crippen LogP contribution >= 0.6 is 11.8 Å². The van der Waals surface area contributed by atoms with Gasteiger partial charge in [0, 0.05) is 34.6 Å². The Kier molecular flexibility index (Phi) is 3.57. The van der Waals surface area contributed by atoms with E-state index in [1.165, 1.54) is 0 Å². The van der Waals surface area contributed by atoms with Gasteiger partial charge < -0.3 is 10.5 Å². The Labute approximate surface area is 145 Å². The molecule has 24 heavy (non-hydrogen) atoms. The molecule has 5 nitrogen and oxygen atoms in total. The molecule has 0 radical (unpaired) electrons. The molecule has 124 valence electrons. The van der Waals surface area contributed by atoms with Crippen LogP contribution in [-0.2, 0) is 0 Å². The van der Waals surface area contributed by atoms with Crippen molar-refractivity contribution in [1.29, 1.82) is 0 Å². The summed E-state index contributed by atoms with van der Waals surface area (Å²) in [6, 6.07) is 10.1. The summed E-state index contributed by atoms with van der Waals surface area (Å²) in [6.07, 6.45) is 0. The average molecular weight is 340 g/mol. The number of methoxy groups -OCH3 is 1. The van der Waals surface area contributed by atoms with E-state index in [0.29, 0.717) is 0 Å². The Balaban J connectivity index is 2.08. The quantitative estimate of drug-likeness (QED) is 0.574. The maximum atomic E-state index is 6.29. The largest absolute Gasteiger partial charge is 0.496 e. The molecule has 6 heteroatoms. The summed E-state index contributed by atoms with van der Waals surface area (Å²) in [5, 5.41) is 8.28. The highest BCUT2D eigenvalue weighted by molar-refractivity contribution is 8.00. The van der Waals surface area contributed by atoms with E-state index in [4.69, 9.17) is 15.6 Å². The monoisotopic (exact) mass is 340 g/mol. The van der Waals surface area contributed by atoms with Crippen molar-refractivity contribution >= 4 is 28.4 Å². The zero-order valence-electron chi connectivity index (χ0n) is 14.0. The number of hydrogen-bond donors (Lipinski definition) is 1. The lowest BCUT2D eigenvalue weighted by molar-refractivity contribution is 0.405. The van der Waals surface area contributed by atoms with Gasteiger partial charge in [-0.05, 0) is 32.0 Å². The van der Waals surface area contributed by atoms with Gasteiger partial charge in [0.2, 0.25) is 0 Å². The van der Waals surface area contributed by atoms with Gasteiger partial charge in [0.1, 0.15) is 11.4 Å². The van der Waals surface area contributed by atoms with E-state index in [9.17, 15) is 0 Å². The van der Waals surface area contributed by atoms with Gasteiger partial charge in [-0.3, -0.25) is 5.01 Å². The van der Waals surface area contributed by atoms with Gasteiger partial charge in [-0.2, -0.15) is 9.89 Å². The number of ether oxygens (including phenoxy) is 1. The molecule has 2 N–H and O–H groups in total. The molecule has 1 aromatic heterocycles. The summed E-state index contributed by atoms with van der Waals surface area (Å²) in [5.74, 6) is 0.858. The molecular weight excluding hydrogens is 320 g/mol. The van der Waals surface area contributed by atoms with Crippen LogP contribution in [0.5, 0.6) is 5.75 Å². The molecule has 0 unspecified atom stereocenters. The van der Waals surface area contributed by atoms with Gasteiger partial charge in [0.15, 0.2) is 0 Å². The fourth-order valence-electron chi connectivity index (χ4n) is 3.26. The lowest BCUT2D eigenvalue weighted by atomic mass is 10.1. The normalized spacial score (nSPS) is 12.3. The number of nitrogens with two attached hydrogens (primary N) is 1. The lowest BCUT2D eigenvalue weighted by Crippen LogP contribution is -2.34. The van der Waals surface area contributed by atoms with Crippen LogP contribution in [0.15, 0.2) is 40.1 Å². The van der Waals surface area contributed by atoms with Crippen molar-refractivity contribution in [2.75, 3.05) is 30.9 Å². The van der Waals surface area contributed by atoms with Crippen LogP contribution in [0.3, 0.4) is 0 Å². The molecule has 1 aliphatic heterocycles. The number of rotatable bonds is 4. The molecule has 1 aliphatic rings. The summed E-state index contributed by atoms with van der Waals surface area (Å²) >= 11 is 1.67. The lowest BCUT2D eigenvalue weighted by Gasteiger charge is -2.21. The van der Waals surface area contributed by atoms with Crippen LogP contribution in [0.25, 0.3) is 22.2 Å². The van der Waals surface area contributed by atoms with Crippen molar-refractivity contribution in [2.45, 2.75) is 23.6 Å². The first kappa shape index (κ1) is 15.2. The first-order valence-corrected chi connectivity index (χ1v) is 8.92. The second-order valence-electron chi connectivity index (χ2n) is 5.69. The topological polar surface area (TPSA) is 56.3 Å². The Morgan fingerprint density at radius 1 is 1.17 bits per heavy atom. The van der Waals surface area contributed by atoms with E-state index in [0.717, 1.165) is 56.5 Å². The molecule has 2 heterocycles. The first-order valence-electron chi connectivity index (χ1n) is 8.11. The van der Waals surface area contributed by atoms with Gasteiger partial charge >= 0.3 is 0 Å².